The van der Waals surface area contributed by atoms with Crippen molar-refractivity contribution in [3.8, 4) is 0 Å². The van der Waals surface area contributed by atoms with Gasteiger partial charge in [0.1, 0.15) is 0 Å². The molecule has 1 heterocycles. The number of rotatable bonds is 8. The molecule has 0 aromatic carbocycles. The zero-order valence-corrected chi connectivity index (χ0v) is 12.2. The van der Waals surface area contributed by atoms with Crippen molar-refractivity contribution in [3.05, 3.63) is 29.6 Å². The van der Waals surface area contributed by atoms with E-state index in [1.807, 2.05) is 6.20 Å². The van der Waals surface area contributed by atoms with Gasteiger partial charge in [-0.2, -0.15) is 0 Å². The molecule has 0 bridgehead atoms. The van der Waals surface area contributed by atoms with Gasteiger partial charge in [-0.15, -0.1) is 0 Å². The van der Waals surface area contributed by atoms with Crippen LogP contribution in [0.3, 0.4) is 0 Å². The lowest BCUT2D eigenvalue weighted by atomic mass is 10.1. The standard InChI is InChI=1S/C15H27N3/c1-5-16-10-14-6-7-15(17-11-14)12-18(4)9-8-13(2)3/h6-7,11,13,16H,5,8-10,12H2,1-4H3. The van der Waals surface area contributed by atoms with Crippen molar-refractivity contribution in [2.75, 3.05) is 20.1 Å². The minimum Gasteiger partial charge on any atom is -0.313 e. The first kappa shape index (κ1) is 15.1. The molecule has 1 aromatic heterocycles. The molecule has 102 valence electrons. The molecule has 3 nitrogen and oxygen atoms in total. The fourth-order valence-electron chi connectivity index (χ4n) is 1.76. The summed E-state index contributed by atoms with van der Waals surface area (Å²) in [6, 6.07) is 4.31. The highest BCUT2D eigenvalue weighted by molar-refractivity contribution is 5.13. The molecule has 0 aliphatic carbocycles. The van der Waals surface area contributed by atoms with Gasteiger partial charge in [0.05, 0.1) is 5.69 Å². The van der Waals surface area contributed by atoms with Gasteiger partial charge < -0.3 is 10.2 Å². The van der Waals surface area contributed by atoms with E-state index in [0.29, 0.717) is 0 Å². The third-order valence-electron chi connectivity index (χ3n) is 2.99. The molecule has 1 rings (SSSR count). The summed E-state index contributed by atoms with van der Waals surface area (Å²) < 4.78 is 0. The molecule has 0 unspecified atom stereocenters. The molecule has 0 saturated carbocycles. The van der Waals surface area contributed by atoms with E-state index in [-0.39, 0.29) is 0 Å². The zero-order valence-electron chi connectivity index (χ0n) is 12.2. The first-order chi connectivity index (χ1) is 8.61. The average molecular weight is 249 g/mol. The number of hydrogen-bond donors (Lipinski definition) is 1. The SMILES string of the molecule is CCNCc1ccc(CN(C)CCC(C)C)nc1. The van der Waals surface area contributed by atoms with Crippen molar-refractivity contribution in [1.82, 2.24) is 15.2 Å². The van der Waals surface area contributed by atoms with E-state index in [1.54, 1.807) is 0 Å². The Morgan fingerprint density at radius 3 is 2.67 bits per heavy atom. The molecule has 0 saturated heterocycles. The van der Waals surface area contributed by atoms with Crippen LogP contribution in [0.5, 0.6) is 0 Å². The Labute approximate surface area is 112 Å². The highest BCUT2D eigenvalue weighted by atomic mass is 15.1. The van der Waals surface area contributed by atoms with Gasteiger partial charge in [-0.3, -0.25) is 4.98 Å². The van der Waals surface area contributed by atoms with E-state index in [1.165, 1.54) is 12.0 Å². The maximum atomic E-state index is 4.52. The molecule has 0 aliphatic heterocycles. The summed E-state index contributed by atoms with van der Waals surface area (Å²) in [7, 11) is 2.16. The van der Waals surface area contributed by atoms with Gasteiger partial charge in [0.15, 0.2) is 0 Å². The van der Waals surface area contributed by atoms with E-state index in [4.69, 9.17) is 0 Å². The van der Waals surface area contributed by atoms with Gasteiger partial charge >= 0.3 is 0 Å². The number of nitrogens with zero attached hydrogens (tertiary/aromatic N) is 2. The van der Waals surface area contributed by atoms with Gasteiger partial charge in [-0.25, -0.2) is 0 Å². The Morgan fingerprint density at radius 1 is 1.33 bits per heavy atom. The number of nitrogens with one attached hydrogen (secondary N) is 1. The maximum Gasteiger partial charge on any atom is 0.0544 e. The smallest absolute Gasteiger partial charge is 0.0544 e. The van der Waals surface area contributed by atoms with Crippen molar-refractivity contribution in [3.63, 3.8) is 0 Å². The predicted octanol–water partition coefficient (Wildman–Crippen LogP) is 2.67. The minimum absolute atomic E-state index is 0.767. The second-order valence-electron chi connectivity index (χ2n) is 5.36. The zero-order chi connectivity index (χ0) is 13.4. The predicted molar refractivity (Wildman–Crippen MR) is 77.4 cm³/mol. The van der Waals surface area contributed by atoms with Crippen molar-refractivity contribution >= 4 is 0 Å². The molecule has 0 aliphatic rings. The van der Waals surface area contributed by atoms with Crippen LogP contribution in [-0.4, -0.2) is 30.0 Å². The molecule has 0 radical (unpaired) electrons. The highest BCUT2D eigenvalue weighted by Gasteiger charge is 2.03. The lowest BCUT2D eigenvalue weighted by molar-refractivity contribution is 0.300. The van der Waals surface area contributed by atoms with Gasteiger partial charge in [0, 0.05) is 19.3 Å². The number of hydrogen-bond acceptors (Lipinski definition) is 3. The van der Waals surface area contributed by atoms with Gasteiger partial charge in [0.2, 0.25) is 0 Å². The third kappa shape index (κ3) is 6.12. The fraction of sp³-hybridized carbons (Fsp3) is 0.667. The van der Waals surface area contributed by atoms with Gasteiger partial charge in [0.25, 0.3) is 0 Å². The largest absolute Gasteiger partial charge is 0.313 e. The topological polar surface area (TPSA) is 28.2 Å². The second-order valence-corrected chi connectivity index (χ2v) is 5.36. The monoisotopic (exact) mass is 249 g/mol. The van der Waals surface area contributed by atoms with Gasteiger partial charge in [-0.1, -0.05) is 26.8 Å². The van der Waals surface area contributed by atoms with Gasteiger partial charge in [-0.05, 0) is 44.1 Å². The Hall–Kier alpha value is -0.930. The Morgan fingerprint density at radius 2 is 2.11 bits per heavy atom. The summed E-state index contributed by atoms with van der Waals surface area (Å²) in [5.41, 5.74) is 2.41. The quantitative estimate of drug-likeness (QED) is 0.768. The minimum atomic E-state index is 0.767. The van der Waals surface area contributed by atoms with Crippen molar-refractivity contribution < 1.29 is 0 Å². The van der Waals surface area contributed by atoms with Crippen LogP contribution in [0.1, 0.15) is 38.4 Å². The first-order valence-electron chi connectivity index (χ1n) is 6.95. The number of pyridine rings is 1. The molecule has 0 fully saturated rings. The van der Waals surface area contributed by atoms with Crippen LogP contribution in [0.15, 0.2) is 18.3 Å². The summed E-state index contributed by atoms with van der Waals surface area (Å²) in [5, 5.41) is 3.31. The fourth-order valence-corrected chi connectivity index (χ4v) is 1.76. The highest BCUT2D eigenvalue weighted by Crippen LogP contribution is 2.06. The third-order valence-corrected chi connectivity index (χ3v) is 2.99. The van der Waals surface area contributed by atoms with Crippen LogP contribution in [0.4, 0.5) is 0 Å². The Balaban J connectivity index is 2.38. The molecule has 1 N–H and O–H groups in total. The summed E-state index contributed by atoms with van der Waals surface area (Å²) in [4.78, 5) is 6.86. The van der Waals surface area contributed by atoms with Crippen LogP contribution in [0.25, 0.3) is 0 Å². The molecule has 0 atom stereocenters. The van der Waals surface area contributed by atoms with Crippen molar-refractivity contribution in [2.24, 2.45) is 5.92 Å². The summed E-state index contributed by atoms with van der Waals surface area (Å²) in [6.45, 7) is 10.6. The summed E-state index contributed by atoms with van der Waals surface area (Å²) in [5.74, 6) is 0.767. The van der Waals surface area contributed by atoms with E-state index in [9.17, 15) is 0 Å². The van der Waals surface area contributed by atoms with Crippen molar-refractivity contribution in [1.29, 1.82) is 0 Å². The van der Waals surface area contributed by atoms with Crippen LogP contribution in [0.2, 0.25) is 0 Å². The lowest BCUT2D eigenvalue weighted by Crippen LogP contribution is -2.21. The summed E-state index contributed by atoms with van der Waals surface area (Å²) in [6.07, 6.45) is 3.23. The van der Waals surface area contributed by atoms with Crippen LogP contribution < -0.4 is 5.32 Å². The molecular weight excluding hydrogens is 222 g/mol. The summed E-state index contributed by atoms with van der Waals surface area (Å²) >= 11 is 0. The molecule has 1 aromatic rings. The second kappa shape index (κ2) is 8.22. The molecule has 0 spiro atoms. The van der Waals surface area contributed by atoms with Crippen LogP contribution in [0, 0.1) is 5.92 Å². The Kier molecular flexibility index (Phi) is 6.91. The van der Waals surface area contributed by atoms with E-state index in [0.717, 1.165) is 37.8 Å². The van der Waals surface area contributed by atoms with Crippen LogP contribution in [-0.2, 0) is 13.1 Å². The Bertz CT molecular complexity index is 319. The van der Waals surface area contributed by atoms with E-state index < -0.39 is 0 Å². The molecule has 0 amide bonds. The molecule has 3 heteroatoms. The number of aromatic nitrogens is 1. The van der Waals surface area contributed by atoms with E-state index in [2.05, 4.69) is 55.2 Å². The van der Waals surface area contributed by atoms with Crippen molar-refractivity contribution in [2.45, 2.75) is 40.3 Å². The normalized spacial score (nSPS) is 11.4. The van der Waals surface area contributed by atoms with E-state index >= 15 is 0 Å². The average Bonchev–Trinajstić information content (AvgIpc) is 2.35. The van der Waals surface area contributed by atoms with Crippen LogP contribution >= 0.6 is 0 Å². The molecular formula is C15H27N3. The lowest BCUT2D eigenvalue weighted by Gasteiger charge is -2.17. The maximum absolute atomic E-state index is 4.52. The first-order valence-corrected chi connectivity index (χ1v) is 6.95. The molecule has 18 heavy (non-hydrogen) atoms.